The van der Waals surface area contributed by atoms with Crippen LogP contribution >= 0.6 is 0 Å². The number of benzene rings is 3. The van der Waals surface area contributed by atoms with Crippen LogP contribution in [0.4, 0.5) is 10.1 Å². The lowest BCUT2D eigenvalue weighted by molar-refractivity contribution is -0.181. The molecule has 364 valence electrons. The lowest BCUT2D eigenvalue weighted by Gasteiger charge is -2.50. The van der Waals surface area contributed by atoms with Crippen molar-refractivity contribution in [2.45, 2.75) is 123 Å². The van der Waals surface area contributed by atoms with Crippen LogP contribution in [-0.2, 0) is 30.3 Å². The number of esters is 1. The minimum atomic E-state index is -1.16. The number of nitrogens with one attached hydrogen (secondary N) is 1. The molecular weight excluding hydrogens is 874 g/mol. The molecule has 0 unspecified atom stereocenters. The van der Waals surface area contributed by atoms with E-state index in [2.05, 4.69) is 60.3 Å². The van der Waals surface area contributed by atoms with Gasteiger partial charge in [0, 0.05) is 88.4 Å². The van der Waals surface area contributed by atoms with Crippen molar-refractivity contribution in [2.75, 3.05) is 44.7 Å². The number of aromatic nitrogens is 2. The Hall–Kier alpha value is -6.24. The van der Waals surface area contributed by atoms with Crippen molar-refractivity contribution in [1.82, 2.24) is 20.0 Å². The van der Waals surface area contributed by atoms with Crippen LogP contribution in [0.15, 0.2) is 94.3 Å². The van der Waals surface area contributed by atoms with Crippen LogP contribution in [0.5, 0.6) is 0 Å². The summed E-state index contributed by atoms with van der Waals surface area (Å²) < 4.78 is 21.1. The Kier molecular flexibility index (Phi) is 14.8. The van der Waals surface area contributed by atoms with Gasteiger partial charge in [-0.25, -0.2) is 9.49 Å². The number of aromatic amines is 1. The van der Waals surface area contributed by atoms with E-state index in [0.29, 0.717) is 80.3 Å². The number of carbonyl (C=O) groups excluding carboxylic acids is 5. The fourth-order valence-electron chi connectivity index (χ4n) is 12.0. The largest absolute Gasteiger partial charge is 0.451 e. The van der Waals surface area contributed by atoms with Crippen LogP contribution in [0.1, 0.15) is 138 Å². The molecule has 69 heavy (non-hydrogen) atoms. The van der Waals surface area contributed by atoms with E-state index in [1.54, 1.807) is 41.0 Å². The number of anilines is 1. The summed E-state index contributed by atoms with van der Waals surface area (Å²) in [6.07, 6.45) is 10.9. The number of ketones is 2. The number of hydrogen-bond acceptors (Lipinski definition) is 9. The maximum absolute atomic E-state index is 15.1. The molecule has 4 atom stereocenters. The minimum Gasteiger partial charge on any atom is -0.451 e. The number of amides is 2. The average molecular weight is 940 g/mol. The predicted molar refractivity (Wildman–Crippen MR) is 264 cm³/mol. The second kappa shape index (κ2) is 20.8. The van der Waals surface area contributed by atoms with Gasteiger partial charge < -0.3 is 19.4 Å². The molecule has 1 aromatic heterocycles. The molecule has 3 aliphatic carbocycles. The molecule has 0 radical (unpaired) electrons. The van der Waals surface area contributed by atoms with Gasteiger partial charge in [0.1, 0.15) is 5.82 Å². The number of Topliss-reactive ketones (excluding diaryl/α,β-unsaturated/α-hetero) is 1. The second-order valence-corrected chi connectivity index (χ2v) is 20.0. The molecule has 0 spiro atoms. The molecular formula is C56H66FN5O7. The highest BCUT2D eigenvalue weighted by atomic mass is 19.1. The second-order valence-electron chi connectivity index (χ2n) is 20.0. The number of halogens is 1. The number of ether oxygens (including phenoxy) is 1. The van der Waals surface area contributed by atoms with Crippen molar-refractivity contribution in [1.29, 1.82) is 0 Å². The lowest BCUT2D eigenvalue weighted by Crippen LogP contribution is -2.55. The number of unbranched alkanes of at least 4 members (excludes halogenated alkanes) is 2. The molecule has 0 bridgehead atoms. The summed E-state index contributed by atoms with van der Waals surface area (Å²) in [6, 6.07) is 20.3. The van der Waals surface area contributed by atoms with E-state index in [1.807, 2.05) is 18.2 Å². The molecule has 1 saturated heterocycles. The van der Waals surface area contributed by atoms with Gasteiger partial charge in [0.15, 0.2) is 17.2 Å². The monoisotopic (exact) mass is 939 g/mol. The maximum atomic E-state index is 15.1. The topological polar surface area (TPSA) is 150 Å². The van der Waals surface area contributed by atoms with Crippen LogP contribution in [0.3, 0.4) is 0 Å². The van der Waals surface area contributed by atoms with Crippen molar-refractivity contribution in [2.24, 2.45) is 11.3 Å². The fraction of sp³-hybridized carbons (Fsp3) is 0.482. The highest BCUT2D eigenvalue weighted by Gasteiger charge is 2.64. The number of allylic oxidation sites excluding steroid dienone is 4. The third-order valence-corrected chi connectivity index (χ3v) is 15.8. The molecule has 1 N–H and O–H groups in total. The zero-order valence-corrected chi connectivity index (χ0v) is 40.8. The molecule has 3 fully saturated rings. The van der Waals surface area contributed by atoms with Crippen LogP contribution in [0, 0.1) is 17.2 Å². The molecule has 8 rings (SSSR count). The number of hydrogen-bond donors (Lipinski definition) is 1. The van der Waals surface area contributed by atoms with Crippen LogP contribution in [0.2, 0.25) is 0 Å². The molecule has 13 heteroatoms. The molecule has 2 saturated carbocycles. The van der Waals surface area contributed by atoms with E-state index >= 15 is 4.39 Å². The third kappa shape index (κ3) is 10.1. The van der Waals surface area contributed by atoms with E-state index in [4.69, 9.17) is 4.74 Å². The Morgan fingerprint density at radius 2 is 1.64 bits per heavy atom. The number of piperazine rings is 1. The van der Waals surface area contributed by atoms with Crippen molar-refractivity contribution in [3.8, 4) is 0 Å². The zero-order valence-electron chi connectivity index (χ0n) is 40.8. The van der Waals surface area contributed by atoms with Crippen LogP contribution in [0.25, 0.3) is 10.8 Å². The first kappa shape index (κ1) is 49.2. The summed E-state index contributed by atoms with van der Waals surface area (Å²) in [5.74, 6) is -1.13. The van der Waals surface area contributed by atoms with E-state index in [-0.39, 0.29) is 40.4 Å². The molecule has 1 aliphatic heterocycles. The number of nitrogens with zero attached hydrogens (tertiary/aromatic N) is 4. The first-order valence-electron chi connectivity index (χ1n) is 24.9. The first-order valence-corrected chi connectivity index (χ1v) is 24.9. The smallest absolute Gasteiger partial charge is 0.303 e. The van der Waals surface area contributed by atoms with Gasteiger partial charge in [-0.05, 0) is 123 Å². The Morgan fingerprint density at radius 3 is 2.35 bits per heavy atom. The van der Waals surface area contributed by atoms with Crippen molar-refractivity contribution in [3.05, 3.63) is 128 Å². The zero-order chi connectivity index (χ0) is 49.0. The van der Waals surface area contributed by atoms with Gasteiger partial charge in [0.05, 0.1) is 16.6 Å². The van der Waals surface area contributed by atoms with E-state index in [0.717, 1.165) is 74.7 Å². The number of H-pyrrole nitrogens is 1. The summed E-state index contributed by atoms with van der Waals surface area (Å²) in [5.41, 5.74) is 5.35. The third-order valence-electron chi connectivity index (χ3n) is 15.8. The highest BCUT2D eigenvalue weighted by Crippen LogP contribution is 2.64. The van der Waals surface area contributed by atoms with Crippen LogP contribution in [-0.4, -0.2) is 94.7 Å². The normalized spacial score (nSPS) is 23.7. The van der Waals surface area contributed by atoms with Crippen molar-refractivity contribution < 1.29 is 33.1 Å². The first-order chi connectivity index (χ1) is 33.1. The summed E-state index contributed by atoms with van der Waals surface area (Å²) >= 11 is 0. The molecule has 12 nitrogen and oxygen atoms in total. The van der Waals surface area contributed by atoms with E-state index < -0.39 is 28.7 Å². The predicted octanol–water partition coefficient (Wildman–Crippen LogP) is 9.20. The fourth-order valence-corrected chi connectivity index (χ4v) is 12.0. The van der Waals surface area contributed by atoms with E-state index in [1.165, 1.54) is 24.1 Å². The SMILES string of the molecule is CCCC1=CC(=O)CC/C1=C1/C[C@@H]2CC[C@](OC(C)=O)(C(C)=O)[C@@]2(C)C[C@@H]1c1ccc(N(C)CCCCCC(=O)N2CCN(C(=O)c3cc(Cc4n[nH]c(=O)c5ccccc45)ccc3F)CC2)cc1. The Labute approximate surface area is 404 Å². The van der Waals surface area contributed by atoms with Crippen molar-refractivity contribution in [3.63, 3.8) is 0 Å². The van der Waals surface area contributed by atoms with Gasteiger partial charge in [-0.3, -0.25) is 28.8 Å². The molecule has 2 amide bonds. The van der Waals surface area contributed by atoms with Crippen LogP contribution < -0.4 is 10.5 Å². The maximum Gasteiger partial charge on any atom is 0.303 e. The minimum absolute atomic E-state index is 0.00270. The molecule has 2 heterocycles. The Bertz CT molecular complexity index is 2750. The summed E-state index contributed by atoms with van der Waals surface area (Å²) in [7, 11) is 2.08. The van der Waals surface area contributed by atoms with Gasteiger partial charge in [0.25, 0.3) is 11.5 Å². The quantitative estimate of drug-likeness (QED) is 0.0910. The van der Waals surface area contributed by atoms with Gasteiger partial charge in [-0.2, -0.15) is 5.10 Å². The van der Waals surface area contributed by atoms with E-state index in [9.17, 15) is 28.8 Å². The summed E-state index contributed by atoms with van der Waals surface area (Å²) in [4.78, 5) is 83.4. The van der Waals surface area contributed by atoms with Gasteiger partial charge >= 0.3 is 5.97 Å². The average Bonchev–Trinajstić information content (AvgIpc) is 3.63. The number of fused-ring (bicyclic) bond motifs is 2. The highest BCUT2D eigenvalue weighted by molar-refractivity contribution is 5.95. The lowest BCUT2D eigenvalue weighted by atomic mass is 9.56. The number of rotatable bonds is 15. The van der Waals surface area contributed by atoms with Gasteiger partial charge in [-0.15, -0.1) is 0 Å². The molecule has 4 aromatic rings. The van der Waals surface area contributed by atoms with Gasteiger partial charge in [0.2, 0.25) is 5.91 Å². The van der Waals surface area contributed by atoms with Gasteiger partial charge in [-0.1, -0.05) is 68.7 Å². The standard InChI is InChI=1S/C56H66FN5O7/c1-6-12-40-33-43(65)21-22-44(40)47-34-41-24-25-56(36(2)63,69-37(3)64)55(41,4)35-49(47)39-17-19-42(20-18-39)60(5)26-11-7-8-15-52(66)61-27-29-62(30-28-61)54(68)48-31-38(16-23-50(48)57)32-51-45-13-9-10-14-46(45)53(67)59-58-51/h9-10,13-14,16-20,23,31,33,41,49H,6-8,11-12,15,21-22,24-30,32,34-35H2,1-5H3,(H,59,67)/b47-44+/t41-,49+,55-,56-/m0/s1. The summed E-state index contributed by atoms with van der Waals surface area (Å²) in [5, 5.41) is 7.98. The Balaban J connectivity index is 0.841. The molecule has 4 aliphatic rings. The summed E-state index contributed by atoms with van der Waals surface area (Å²) in [6.45, 7) is 9.47. The van der Waals surface area contributed by atoms with Crippen molar-refractivity contribution >= 4 is 45.8 Å². The number of carbonyl (C=O) groups is 5. The Morgan fingerprint density at radius 1 is 0.913 bits per heavy atom. The molecule has 3 aromatic carbocycles.